The van der Waals surface area contributed by atoms with Crippen LogP contribution in [0.3, 0.4) is 0 Å². The van der Waals surface area contributed by atoms with Gasteiger partial charge < -0.3 is 4.98 Å². The molecule has 0 unspecified atom stereocenters. The Morgan fingerprint density at radius 3 is 2.44 bits per heavy atom. The molecule has 1 N–H and O–H groups in total. The Morgan fingerprint density at radius 2 is 1.70 bits per heavy atom. The minimum atomic E-state index is -0.0923. The van der Waals surface area contributed by atoms with Gasteiger partial charge in [-0.2, -0.15) is 0 Å². The zero-order chi connectivity index (χ0) is 19.2. The van der Waals surface area contributed by atoms with Crippen molar-refractivity contribution in [3.05, 3.63) is 75.3 Å². The van der Waals surface area contributed by atoms with Gasteiger partial charge in [0.15, 0.2) is 5.78 Å². The standard InChI is InChI=1S/C23H26N2O2/c1-3-4-5-6-22(26)19-12-9-17(10-13-19)7-8-18-11-14-21-20(15-18)23(27)25-16(2)24-21/h9-15H,3-8H2,1-2H3,(H,24,25,27). The van der Waals surface area contributed by atoms with Crippen molar-refractivity contribution in [1.82, 2.24) is 9.97 Å². The van der Waals surface area contributed by atoms with Gasteiger partial charge in [-0.15, -0.1) is 0 Å². The number of hydrogen-bond acceptors (Lipinski definition) is 3. The van der Waals surface area contributed by atoms with Gasteiger partial charge in [0, 0.05) is 12.0 Å². The summed E-state index contributed by atoms with van der Waals surface area (Å²) in [7, 11) is 0. The molecular weight excluding hydrogens is 336 g/mol. The van der Waals surface area contributed by atoms with Crippen molar-refractivity contribution in [2.75, 3.05) is 0 Å². The van der Waals surface area contributed by atoms with Crippen molar-refractivity contribution >= 4 is 16.7 Å². The van der Waals surface area contributed by atoms with Crippen LogP contribution in [0.15, 0.2) is 47.3 Å². The lowest BCUT2D eigenvalue weighted by atomic mass is 10.00. The SMILES string of the molecule is CCCCCC(=O)c1ccc(CCc2ccc3nc(C)[nH]c(=O)c3c2)cc1. The molecule has 0 saturated heterocycles. The Hall–Kier alpha value is -2.75. The van der Waals surface area contributed by atoms with E-state index in [-0.39, 0.29) is 11.3 Å². The third-order valence-corrected chi connectivity index (χ3v) is 4.87. The third-order valence-electron chi connectivity index (χ3n) is 4.87. The monoisotopic (exact) mass is 362 g/mol. The zero-order valence-corrected chi connectivity index (χ0v) is 16.0. The second-order valence-corrected chi connectivity index (χ2v) is 7.08. The van der Waals surface area contributed by atoms with Crippen molar-refractivity contribution in [2.24, 2.45) is 0 Å². The Morgan fingerprint density at radius 1 is 1.00 bits per heavy atom. The van der Waals surface area contributed by atoms with Crippen molar-refractivity contribution < 1.29 is 4.79 Å². The molecule has 1 heterocycles. The van der Waals surface area contributed by atoms with Gasteiger partial charge in [0.25, 0.3) is 5.56 Å². The quantitative estimate of drug-likeness (QED) is 0.463. The molecule has 0 radical (unpaired) electrons. The van der Waals surface area contributed by atoms with Crippen LogP contribution >= 0.6 is 0 Å². The number of Topliss-reactive ketones (excluding diaryl/α,β-unsaturated/α-hetero) is 1. The molecule has 0 aliphatic rings. The van der Waals surface area contributed by atoms with E-state index in [0.717, 1.165) is 48.7 Å². The largest absolute Gasteiger partial charge is 0.310 e. The molecule has 0 fully saturated rings. The maximum Gasteiger partial charge on any atom is 0.258 e. The second kappa shape index (κ2) is 8.76. The fraction of sp³-hybridized carbons (Fsp3) is 0.348. The summed E-state index contributed by atoms with van der Waals surface area (Å²) in [6.45, 7) is 3.93. The number of nitrogens with zero attached hydrogens (tertiary/aromatic N) is 1. The minimum absolute atomic E-state index is 0.0923. The first-order valence-electron chi connectivity index (χ1n) is 9.68. The fourth-order valence-corrected chi connectivity index (χ4v) is 3.28. The Bertz CT molecular complexity index is 987. The van der Waals surface area contributed by atoms with Crippen LogP contribution in [0.1, 0.15) is 59.9 Å². The van der Waals surface area contributed by atoms with Gasteiger partial charge >= 0.3 is 0 Å². The molecule has 0 aliphatic heterocycles. The summed E-state index contributed by atoms with van der Waals surface area (Å²) in [6.07, 6.45) is 5.54. The lowest BCUT2D eigenvalue weighted by molar-refractivity contribution is 0.0979. The Balaban J connectivity index is 1.64. The highest BCUT2D eigenvalue weighted by atomic mass is 16.1. The summed E-state index contributed by atoms with van der Waals surface area (Å²) in [5, 5.41) is 0.631. The Kier molecular flexibility index (Phi) is 6.17. The van der Waals surface area contributed by atoms with E-state index < -0.39 is 0 Å². The van der Waals surface area contributed by atoms with Crippen molar-refractivity contribution in [1.29, 1.82) is 0 Å². The van der Waals surface area contributed by atoms with E-state index in [1.807, 2.05) is 42.5 Å². The number of rotatable bonds is 8. The summed E-state index contributed by atoms with van der Waals surface area (Å²) >= 11 is 0. The van der Waals surface area contributed by atoms with Gasteiger partial charge in [-0.05, 0) is 49.4 Å². The van der Waals surface area contributed by atoms with Crippen molar-refractivity contribution in [3.8, 4) is 0 Å². The summed E-state index contributed by atoms with van der Waals surface area (Å²) in [5.41, 5.74) is 3.74. The number of aromatic amines is 1. The summed E-state index contributed by atoms with van der Waals surface area (Å²) in [4.78, 5) is 31.4. The van der Waals surface area contributed by atoms with E-state index in [9.17, 15) is 9.59 Å². The molecule has 2 aromatic carbocycles. The lowest BCUT2D eigenvalue weighted by Gasteiger charge is -2.06. The van der Waals surface area contributed by atoms with Crippen molar-refractivity contribution in [3.63, 3.8) is 0 Å². The molecule has 140 valence electrons. The first-order valence-corrected chi connectivity index (χ1v) is 9.68. The number of benzene rings is 2. The molecule has 3 aromatic rings. The summed E-state index contributed by atoms with van der Waals surface area (Å²) in [5.74, 6) is 0.858. The number of aromatic nitrogens is 2. The number of aryl methyl sites for hydroxylation is 3. The fourth-order valence-electron chi connectivity index (χ4n) is 3.28. The van der Waals surface area contributed by atoms with E-state index in [1.165, 1.54) is 5.56 Å². The number of nitrogens with one attached hydrogen (secondary N) is 1. The number of carbonyl (C=O) groups excluding carboxylic acids is 1. The third kappa shape index (κ3) is 4.91. The maximum absolute atomic E-state index is 12.2. The molecule has 4 heteroatoms. The van der Waals surface area contributed by atoms with E-state index >= 15 is 0 Å². The Labute approximate surface area is 159 Å². The topological polar surface area (TPSA) is 62.8 Å². The molecule has 0 amide bonds. The molecule has 0 aliphatic carbocycles. The summed E-state index contributed by atoms with van der Waals surface area (Å²) in [6, 6.07) is 13.8. The molecule has 3 rings (SSSR count). The predicted octanol–water partition coefficient (Wildman–Crippen LogP) is 4.78. The number of carbonyl (C=O) groups is 1. The highest BCUT2D eigenvalue weighted by molar-refractivity contribution is 5.96. The molecule has 4 nitrogen and oxygen atoms in total. The number of ketones is 1. The lowest BCUT2D eigenvalue weighted by Crippen LogP contribution is -2.10. The number of H-pyrrole nitrogens is 1. The molecular formula is C23H26N2O2. The van der Waals surface area contributed by atoms with Gasteiger partial charge in [0.05, 0.1) is 10.9 Å². The van der Waals surface area contributed by atoms with Gasteiger partial charge in [-0.1, -0.05) is 50.1 Å². The van der Waals surface area contributed by atoms with Crippen LogP contribution in [0.25, 0.3) is 10.9 Å². The van der Waals surface area contributed by atoms with Crippen LogP contribution in [-0.4, -0.2) is 15.8 Å². The van der Waals surface area contributed by atoms with Gasteiger partial charge in [0.1, 0.15) is 5.82 Å². The highest BCUT2D eigenvalue weighted by Gasteiger charge is 2.06. The van der Waals surface area contributed by atoms with Gasteiger partial charge in [-0.25, -0.2) is 4.98 Å². The van der Waals surface area contributed by atoms with Gasteiger partial charge in [0.2, 0.25) is 0 Å². The second-order valence-electron chi connectivity index (χ2n) is 7.08. The molecule has 0 saturated carbocycles. The van der Waals surface area contributed by atoms with Crippen LogP contribution < -0.4 is 5.56 Å². The van der Waals surface area contributed by atoms with Crippen LogP contribution in [0.4, 0.5) is 0 Å². The van der Waals surface area contributed by atoms with E-state index in [4.69, 9.17) is 0 Å². The van der Waals surface area contributed by atoms with E-state index in [1.54, 1.807) is 6.92 Å². The van der Waals surface area contributed by atoms with Crippen LogP contribution in [-0.2, 0) is 12.8 Å². The average Bonchev–Trinajstić information content (AvgIpc) is 2.67. The zero-order valence-electron chi connectivity index (χ0n) is 16.0. The first-order chi connectivity index (χ1) is 13.1. The van der Waals surface area contributed by atoms with Crippen LogP contribution in [0.2, 0.25) is 0 Å². The van der Waals surface area contributed by atoms with Gasteiger partial charge in [-0.3, -0.25) is 9.59 Å². The predicted molar refractivity (Wildman–Crippen MR) is 109 cm³/mol. The van der Waals surface area contributed by atoms with Crippen LogP contribution in [0.5, 0.6) is 0 Å². The number of unbranched alkanes of at least 4 members (excludes halogenated alkanes) is 2. The molecule has 0 bridgehead atoms. The van der Waals surface area contributed by atoms with Crippen molar-refractivity contribution in [2.45, 2.75) is 52.4 Å². The van der Waals surface area contributed by atoms with E-state index in [2.05, 4.69) is 16.9 Å². The van der Waals surface area contributed by atoms with Crippen LogP contribution in [0, 0.1) is 6.92 Å². The molecule has 0 atom stereocenters. The highest BCUT2D eigenvalue weighted by Crippen LogP contribution is 2.15. The van der Waals surface area contributed by atoms with E-state index in [0.29, 0.717) is 17.6 Å². The summed E-state index contributed by atoms with van der Waals surface area (Å²) < 4.78 is 0. The average molecular weight is 362 g/mol. The minimum Gasteiger partial charge on any atom is -0.310 e. The normalized spacial score (nSPS) is 11.0. The molecule has 27 heavy (non-hydrogen) atoms. The first kappa shape index (κ1) is 19.0. The molecule has 0 spiro atoms. The smallest absolute Gasteiger partial charge is 0.258 e. The number of hydrogen-bond donors (Lipinski definition) is 1. The molecule has 1 aromatic heterocycles. The number of fused-ring (bicyclic) bond motifs is 1. The maximum atomic E-state index is 12.2.